The fraction of sp³-hybridized carbons (Fsp3) is 0.500. The van der Waals surface area contributed by atoms with Crippen LogP contribution in [0.25, 0.3) is 0 Å². The number of carboxylic acid groups (broad SMARTS) is 1. The molecule has 0 saturated carbocycles. The number of carbonyl (C=O) groups is 1. The smallest absolute Gasteiger partial charge is 0.306 e. The highest BCUT2D eigenvalue weighted by atomic mass is 32.1. The van der Waals surface area contributed by atoms with E-state index in [0.29, 0.717) is 5.01 Å². The summed E-state index contributed by atoms with van der Waals surface area (Å²) in [5.74, 6) is -1.03. The summed E-state index contributed by atoms with van der Waals surface area (Å²) in [7, 11) is 0. The molecule has 1 heterocycles. The predicted molar refractivity (Wildman–Crippen MR) is 48.7 cm³/mol. The minimum atomic E-state index is -1.36. The largest absolute Gasteiger partial charge is 0.481 e. The van der Waals surface area contributed by atoms with E-state index in [0.717, 1.165) is 5.69 Å². The summed E-state index contributed by atoms with van der Waals surface area (Å²) in [6.45, 7) is 3.26. The zero-order valence-electron chi connectivity index (χ0n) is 7.44. The van der Waals surface area contributed by atoms with Crippen LogP contribution in [0, 0.1) is 6.92 Å². The number of carboxylic acids is 1. The number of hydrogen-bond donors (Lipinski definition) is 2. The van der Waals surface area contributed by atoms with Crippen LogP contribution >= 0.6 is 11.3 Å². The number of rotatable bonds is 3. The summed E-state index contributed by atoms with van der Waals surface area (Å²) in [5.41, 5.74) is -0.559. The van der Waals surface area contributed by atoms with Crippen molar-refractivity contribution in [2.24, 2.45) is 0 Å². The molecule has 5 heteroatoms. The van der Waals surface area contributed by atoms with Crippen LogP contribution in [-0.2, 0) is 10.4 Å². The van der Waals surface area contributed by atoms with E-state index >= 15 is 0 Å². The first-order chi connectivity index (χ1) is 5.92. The Balaban J connectivity index is 2.86. The van der Waals surface area contributed by atoms with Crippen molar-refractivity contribution in [3.63, 3.8) is 0 Å². The normalized spacial score (nSPS) is 15.3. The molecule has 0 fully saturated rings. The molecule has 0 aromatic carbocycles. The monoisotopic (exact) mass is 201 g/mol. The molecule has 72 valence electrons. The Bertz CT molecular complexity index is 319. The van der Waals surface area contributed by atoms with E-state index in [9.17, 15) is 9.90 Å². The summed E-state index contributed by atoms with van der Waals surface area (Å²) < 4.78 is 0. The van der Waals surface area contributed by atoms with Crippen molar-refractivity contribution in [3.05, 3.63) is 16.1 Å². The highest BCUT2D eigenvalue weighted by Crippen LogP contribution is 2.27. The molecule has 0 radical (unpaired) electrons. The number of aliphatic carboxylic acids is 1. The fourth-order valence-corrected chi connectivity index (χ4v) is 1.83. The van der Waals surface area contributed by atoms with Gasteiger partial charge in [-0.15, -0.1) is 11.3 Å². The van der Waals surface area contributed by atoms with Crippen molar-refractivity contribution < 1.29 is 15.0 Å². The lowest BCUT2D eigenvalue weighted by atomic mass is 10.0. The average Bonchev–Trinajstić information content (AvgIpc) is 2.32. The van der Waals surface area contributed by atoms with Gasteiger partial charge in [0.25, 0.3) is 0 Å². The number of aromatic nitrogens is 1. The van der Waals surface area contributed by atoms with Crippen molar-refractivity contribution in [2.75, 3.05) is 0 Å². The van der Waals surface area contributed by atoms with Crippen molar-refractivity contribution in [3.8, 4) is 0 Å². The zero-order valence-corrected chi connectivity index (χ0v) is 8.26. The van der Waals surface area contributed by atoms with Crippen LogP contribution in [0.3, 0.4) is 0 Å². The van der Waals surface area contributed by atoms with Gasteiger partial charge in [-0.2, -0.15) is 0 Å². The first kappa shape index (κ1) is 10.1. The fourth-order valence-electron chi connectivity index (χ4n) is 0.971. The average molecular weight is 201 g/mol. The molecule has 1 aromatic heterocycles. The maximum Gasteiger partial charge on any atom is 0.306 e. The van der Waals surface area contributed by atoms with E-state index in [1.165, 1.54) is 18.3 Å². The molecule has 0 amide bonds. The van der Waals surface area contributed by atoms with Gasteiger partial charge in [-0.25, -0.2) is 4.98 Å². The second-order valence-corrected chi connectivity index (χ2v) is 4.00. The Kier molecular flexibility index (Phi) is 2.68. The van der Waals surface area contributed by atoms with Crippen LogP contribution in [-0.4, -0.2) is 21.2 Å². The van der Waals surface area contributed by atoms with E-state index in [4.69, 9.17) is 5.11 Å². The molecule has 0 aliphatic rings. The molecule has 13 heavy (non-hydrogen) atoms. The van der Waals surface area contributed by atoms with E-state index in [1.807, 2.05) is 0 Å². The van der Waals surface area contributed by atoms with E-state index in [2.05, 4.69) is 4.98 Å². The second-order valence-electron chi connectivity index (χ2n) is 3.14. The highest BCUT2D eigenvalue weighted by molar-refractivity contribution is 7.09. The molecule has 2 N–H and O–H groups in total. The van der Waals surface area contributed by atoms with Crippen molar-refractivity contribution >= 4 is 17.3 Å². The van der Waals surface area contributed by atoms with Gasteiger partial charge in [-0.3, -0.25) is 4.79 Å². The van der Waals surface area contributed by atoms with Crippen LogP contribution in [0.2, 0.25) is 0 Å². The predicted octanol–water partition coefficient (Wildman–Crippen LogP) is 1.13. The minimum absolute atomic E-state index is 0.319. The van der Waals surface area contributed by atoms with Gasteiger partial charge in [-0.1, -0.05) is 0 Å². The molecular formula is C8H11NO3S. The molecule has 0 spiro atoms. The van der Waals surface area contributed by atoms with Gasteiger partial charge in [0, 0.05) is 11.1 Å². The Labute approximate surface area is 79.9 Å². The molecule has 0 saturated heterocycles. The third-order valence-electron chi connectivity index (χ3n) is 1.58. The summed E-state index contributed by atoms with van der Waals surface area (Å²) in [5, 5.41) is 20.5. The summed E-state index contributed by atoms with van der Waals surface area (Å²) >= 11 is 1.27. The van der Waals surface area contributed by atoms with Gasteiger partial charge in [0.1, 0.15) is 10.6 Å². The van der Waals surface area contributed by atoms with Gasteiger partial charge in [-0.05, 0) is 13.8 Å². The SMILES string of the molecule is Cc1csc(C(C)(O)CC(=O)O)n1. The molecule has 0 aliphatic heterocycles. The van der Waals surface area contributed by atoms with Gasteiger partial charge < -0.3 is 10.2 Å². The van der Waals surface area contributed by atoms with Crippen molar-refractivity contribution in [1.29, 1.82) is 0 Å². The summed E-state index contributed by atoms with van der Waals surface area (Å²) in [4.78, 5) is 14.5. The molecule has 0 aliphatic carbocycles. The van der Waals surface area contributed by atoms with Crippen molar-refractivity contribution in [1.82, 2.24) is 4.98 Å². The third kappa shape index (κ3) is 2.50. The van der Waals surface area contributed by atoms with Crippen LogP contribution in [0.4, 0.5) is 0 Å². The lowest BCUT2D eigenvalue weighted by molar-refractivity contribution is -0.142. The number of hydrogen-bond acceptors (Lipinski definition) is 4. The molecule has 1 aromatic rings. The molecular weight excluding hydrogens is 190 g/mol. The Hall–Kier alpha value is -0.940. The van der Waals surface area contributed by atoms with E-state index in [1.54, 1.807) is 12.3 Å². The van der Waals surface area contributed by atoms with Crippen LogP contribution in [0.5, 0.6) is 0 Å². The molecule has 1 rings (SSSR count). The lowest BCUT2D eigenvalue weighted by Gasteiger charge is -2.17. The number of nitrogens with zero attached hydrogens (tertiary/aromatic N) is 1. The van der Waals surface area contributed by atoms with Gasteiger partial charge in [0.2, 0.25) is 0 Å². The summed E-state index contributed by atoms with van der Waals surface area (Å²) in [6, 6.07) is 0. The van der Waals surface area contributed by atoms with Crippen LogP contribution in [0.15, 0.2) is 5.38 Å². The number of thiazole rings is 1. The number of aliphatic hydroxyl groups is 1. The lowest BCUT2D eigenvalue weighted by Crippen LogP contribution is -2.24. The van der Waals surface area contributed by atoms with E-state index < -0.39 is 11.6 Å². The van der Waals surface area contributed by atoms with Gasteiger partial charge >= 0.3 is 5.97 Å². The zero-order chi connectivity index (χ0) is 10.1. The third-order valence-corrected chi connectivity index (χ3v) is 2.79. The topological polar surface area (TPSA) is 70.4 Å². The van der Waals surface area contributed by atoms with E-state index in [-0.39, 0.29) is 6.42 Å². The van der Waals surface area contributed by atoms with Crippen LogP contribution < -0.4 is 0 Å². The Morgan fingerprint density at radius 1 is 1.77 bits per heavy atom. The highest BCUT2D eigenvalue weighted by Gasteiger charge is 2.29. The maximum atomic E-state index is 10.4. The quantitative estimate of drug-likeness (QED) is 0.769. The van der Waals surface area contributed by atoms with Gasteiger partial charge in [0.05, 0.1) is 6.42 Å². The van der Waals surface area contributed by atoms with Crippen LogP contribution in [0.1, 0.15) is 24.0 Å². The van der Waals surface area contributed by atoms with Gasteiger partial charge in [0.15, 0.2) is 0 Å². The first-order valence-corrected chi connectivity index (χ1v) is 4.66. The molecule has 1 unspecified atom stereocenters. The second kappa shape index (κ2) is 3.43. The minimum Gasteiger partial charge on any atom is -0.481 e. The molecule has 4 nitrogen and oxygen atoms in total. The van der Waals surface area contributed by atoms with Crippen molar-refractivity contribution in [2.45, 2.75) is 25.9 Å². The summed E-state index contributed by atoms with van der Waals surface area (Å²) in [6.07, 6.45) is -0.319. The molecule has 1 atom stereocenters. The molecule has 0 bridgehead atoms. The standard InChI is InChI=1S/C8H11NO3S/c1-5-4-13-7(9-5)8(2,12)3-6(10)11/h4,12H,3H2,1-2H3,(H,10,11). The Morgan fingerprint density at radius 2 is 2.38 bits per heavy atom. The maximum absolute atomic E-state index is 10.4. The number of aryl methyl sites for hydroxylation is 1. The Morgan fingerprint density at radius 3 is 2.77 bits per heavy atom. The first-order valence-electron chi connectivity index (χ1n) is 3.78.